The smallest absolute Gasteiger partial charge is 0.258 e. The normalized spacial score (nSPS) is 13.6. The molecule has 0 radical (unpaired) electrons. The highest BCUT2D eigenvalue weighted by molar-refractivity contribution is 7.10. The Morgan fingerprint density at radius 3 is 2.54 bits per heavy atom. The van der Waals surface area contributed by atoms with Gasteiger partial charge in [0.15, 0.2) is 0 Å². The quantitative estimate of drug-likeness (QED) is 0.553. The largest absolute Gasteiger partial charge is 0.309 e. The van der Waals surface area contributed by atoms with E-state index in [0.29, 0.717) is 16.7 Å². The molecule has 0 saturated carbocycles. The van der Waals surface area contributed by atoms with Gasteiger partial charge in [0.25, 0.3) is 5.56 Å². The minimum Gasteiger partial charge on any atom is -0.309 e. The van der Waals surface area contributed by atoms with Gasteiger partial charge in [0.1, 0.15) is 5.82 Å². The molecule has 0 aliphatic heterocycles. The van der Waals surface area contributed by atoms with Crippen LogP contribution in [0.4, 0.5) is 0 Å². The molecule has 0 bridgehead atoms. The van der Waals surface area contributed by atoms with Crippen LogP contribution in [0.1, 0.15) is 35.3 Å². The van der Waals surface area contributed by atoms with Crippen LogP contribution in [0.5, 0.6) is 0 Å². The molecule has 4 rings (SSSR count). The van der Waals surface area contributed by atoms with Gasteiger partial charge in [-0.25, -0.2) is 4.98 Å². The van der Waals surface area contributed by atoms with Gasteiger partial charge in [0, 0.05) is 4.88 Å². The van der Waals surface area contributed by atoms with E-state index in [4.69, 9.17) is 0 Å². The Bertz CT molecular complexity index is 1060. The van der Waals surface area contributed by atoms with Crippen LogP contribution in [-0.2, 0) is 0 Å². The molecule has 2 heterocycles. The predicted molar refractivity (Wildman–Crippen MR) is 107 cm³/mol. The van der Waals surface area contributed by atoms with Gasteiger partial charge >= 0.3 is 0 Å². The lowest BCUT2D eigenvalue weighted by Crippen LogP contribution is -2.28. The van der Waals surface area contributed by atoms with Gasteiger partial charge in [-0.3, -0.25) is 10.1 Å². The number of para-hydroxylation sites is 1. The number of hydrogen-bond acceptors (Lipinski definition) is 4. The van der Waals surface area contributed by atoms with Gasteiger partial charge in [-0.15, -0.1) is 11.3 Å². The first-order valence-electron chi connectivity index (χ1n) is 8.56. The van der Waals surface area contributed by atoms with Crippen molar-refractivity contribution < 1.29 is 0 Å². The summed E-state index contributed by atoms with van der Waals surface area (Å²) in [7, 11) is 0. The van der Waals surface area contributed by atoms with Crippen LogP contribution < -0.4 is 10.9 Å². The second-order valence-electron chi connectivity index (χ2n) is 6.22. The Kier molecular flexibility index (Phi) is 4.65. The van der Waals surface area contributed by atoms with Crippen molar-refractivity contribution in [3.05, 3.63) is 98.7 Å². The summed E-state index contributed by atoms with van der Waals surface area (Å²) >= 11 is 1.71. The van der Waals surface area contributed by atoms with Crippen LogP contribution in [0.3, 0.4) is 0 Å². The van der Waals surface area contributed by atoms with E-state index < -0.39 is 0 Å². The fourth-order valence-electron chi connectivity index (χ4n) is 3.08. The van der Waals surface area contributed by atoms with Crippen LogP contribution in [0.25, 0.3) is 10.9 Å². The van der Waals surface area contributed by atoms with Crippen molar-refractivity contribution in [2.24, 2.45) is 0 Å². The molecule has 130 valence electrons. The van der Waals surface area contributed by atoms with Gasteiger partial charge in [0.05, 0.1) is 23.0 Å². The molecule has 0 fully saturated rings. The van der Waals surface area contributed by atoms with Crippen molar-refractivity contribution in [1.82, 2.24) is 15.3 Å². The fraction of sp³-hybridized carbons (Fsp3) is 0.143. The molecule has 0 spiro atoms. The van der Waals surface area contributed by atoms with Gasteiger partial charge in [0.2, 0.25) is 0 Å². The summed E-state index contributed by atoms with van der Waals surface area (Å²) in [6, 6.07) is 21.8. The number of fused-ring (bicyclic) bond motifs is 1. The zero-order chi connectivity index (χ0) is 17.9. The third-order valence-electron chi connectivity index (χ3n) is 4.42. The first-order valence-corrected chi connectivity index (χ1v) is 9.43. The van der Waals surface area contributed by atoms with Crippen LogP contribution in [0.2, 0.25) is 0 Å². The van der Waals surface area contributed by atoms with E-state index in [1.165, 1.54) is 10.4 Å². The second kappa shape index (κ2) is 7.23. The lowest BCUT2D eigenvalue weighted by molar-refractivity contribution is 0.500. The maximum Gasteiger partial charge on any atom is 0.258 e. The van der Waals surface area contributed by atoms with Gasteiger partial charge in [-0.1, -0.05) is 48.5 Å². The zero-order valence-corrected chi connectivity index (χ0v) is 15.2. The Balaban J connectivity index is 1.69. The number of rotatable bonds is 5. The number of benzene rings is 2. The van der Waals surface area contributed by atoms with Crippen molar-refractivity contribution in [1.29, 1.82) is 0 Å². The first-order chi connectivity index (χ1) is 12.7. The highest BCUT2D eigenvalue weighted by Crippen LogP contribution is 2.28. The molecular formula is C21H19N3OS. The zero-order valence-electron chi connectivity index (χ0n) is 14.3. The molecule has 0 unspecified atom stereocenters. The van der Waals surface area contributed by atoms with Crippen molar-refractivity contribution in [2.75, 3.05) is 0 Å². The molecular weight excluding hydrogens is 342 g/mol. The van der Waals surface area contributed by atoms with Crippen LogP contribution in [0, 0.1) is 0 Å². The summed E-state index contributed by atoms with van der Waals surface area (Å²) in [4.78, 5) is 21.2. The molecule has 0 saturated heterocycles. The first kappa shape index (κ1) is 16.7. The summed E-state index contributed by atoms with van der Waals surface area (Å²) in [5.41, 5.74) is 1.80. The topological polar surface area (TPSA) is 57.8 Å². The molecule has 0 amide bonds. The van der Waals surface area contributed by atoms with Gasteiger partial charge < -0.3 is 4.98 Å². The molecule has 26 heavy (non-hydrogen) atoms. The maximum atomic E-state index is 12.4. The molecule has 5 heteroatoms. The van der Waals surface area contributed by atoms with Crippen molar-refractivity contribution in [3.63, 3.8) is 0 Å². The van der Waals surface area contributed by atoms with E-state index >= 15 is 0 Å². The summed E-state index contributed by atoms with van der Waals surface area (Å²) in [5, 5.41) is 6.31. The third kappa shape index (κ3) is 3.31. The molecule has 2 atom stereocenters. The van der Waals surface area contributed by atoms with E-state index in [1.54, 1.807) is 17.4 Å². The third-order valence-corrected chi connectivity index (χ3v) is 5.36. The number of thiophene rings is 1. The van der Waals surface area contributed by atoms with E-state index in [-0.39, 0.29) is 17.6 Å². The van der Waals surface area contributed by atoms with Crippen molar-refractivity contribution >= 4 is 22.2 Å². The van der Waals surface area contributed by atoms with Gasteiger partial charge in [-0.05, 0) is 36.1 Å². The minimum absolute atomic E-state index is 0.0444. The number of aromatic amines is 1. The lowest BCUT2D eigenvalue weighted by atomic mass is 10.0. The highest BCUT2D eigenvalue weighted by atomic mass is 32.1. The van der Waals surface area contributed by atoms with Crippen LogP contribution in [-0.4, -0.2) is 9.97 Å². The molecule has 4 aromatic rings. The molecule has 2 aromatic carbocycles. The molecule has 0 aliphatic rings. The fourth-order valence-corrected chi connectivity index (χ4v) is 3.89. The van der Waals surface area contributed by atoms with Crippen LogP contribution >= 0.6 is 11.3 Å². The SMILES string of the molecule is C[C@H](N[C@H](c1ccccc1)c1cccs1)c1nc2ccccc2c(=O)[nH]1. The van der Waals surface area contributed by atoms with Crippen molar-refractivity contribution in [3.8, 4) is 0 Å². The Labute approximate surface area is 155 Å². The summed E-state index contributed by atoms with van der Waals surface area (Å²) in [6.07, 6.45) is 0. The number of hydrogen-bond donors (Lipinski definition) is 2. The van der Waals surface area contributed by atoms with E-state index in [2.05, 4.69) is 44.9 Å². The lowest BCUT2D eigenvalue weighted by Gasteiger charge is -2.22. The Morgan fingerprint density at radius 2 is 1.77 bits per heavy atom. The minimum atomic E-state index is -0.111. The van der Waals surface area contributed by atoms with E-state index in [0.717, 1.165) is 0 Å². The Hall–Kier alpha value is -2.76. The summed E-state index contributed by atoms with van der Waals surface area (Å²) in [5.74, 6) is 0.645. The van der Waals surface area contributed by atoms with E-state index in [1.807, 2.05) is 43.3 Å². The van der Waals surface area contributed by atoms with E-state index in [9.17, 15) is 4.79 Å². The Morgan fingerprint density at radius 1 is 1.00 bits per heavy atom. The average Bonchev–Trinajstić information content (AvgIpc) is 3.21. The highest BCUT2D eigenvalue weighted by Gasteiger charge is 2.20. The monoisotopic (exact) mass is 361 g/mol. The number of nitrogens with one attached hydrogen (secondary N) is 2. The maximum absolute atomic E-state index is 12.4. The summed E-state index contributed by atoms with van der Waals surface area (Å²) in [6.45, 7) is 2.02. The van der Waals surface area contributed by atoms with Crippen LogP contribution in [0.15, 0.2) is 76.9 Å². The standard InChI is InChI=1S/C21H19N3OS/c1-14(20-23-17-11-6-5-10-16(17)21(25)24-20)22-19(18-12-7-13-26-18)15-8-3-2-4-9-15/h2-14,19,22H,1H3,(H,23,24,25)/t14-,19+/m0/s1. The summed E-state index contributed by atoms with van der Waals surface area (Å²) < 4.78 is 0. The molecule has 2 N–H and O–H groups in total. The number of nitrogens with zero attached hydrogens (tertiary/aromatic N) is 1. The predicted octanol–water partition coefficient (Wildman–Crippen LogP) is 4.42. The number of H-pyrrole nitrogens is 1. The molecule has 4 nitrogen and oxygen atoms in total. The second-order valence-corrected chi connectivity index (χ2v) is 7.20. The van der Waals surface area contributed by atoms with Gasteiger partial charge in [-0.2, -0.15) is 0 Å². The average molecular weight is 361 g/mol. The number of aromatic nitrogens is 2. The van der Waals surface area contributed by atoms with Crippen molar-refractivity contribution in [2.45, 2.75) is 19.0 Å². The molecule has 0 aliphatic carbocycles. The molecule has 2 aromatic heterocycles.